The quantitative estimate of drug-likeness (QED) is 0.786. The van der Waals surface area contributed by atoms with Gasteiger partial charge in [-0.3, -0.25) is 5.32 Å². The molecule has 1 atom stereocenters. The smallest absolute Gasteiger partial charge is 0.328 e. The van der Waals surface area contributed by atoms with Crippen molar-refractivity contribution in [1.29, 1.82) is 0 Å². The maximum absolute atomic E-state index is 11.4. The van der Waals surface area contributed by atoms with Crippen molar-refractivity contribution in [3.05, 3.63) is 35.4 Å². The van der Waals surface area contributed by atoms with E-state index in [1.54, 1.807) is 0 Å². The molecule has 0 amide bonds. The minimum atomic E-state index is -0.856. The number of nitrogens with one attached hydrogen (secondary N) is 1. The number of carbonyl (C=O) groups is 1. The van der Waals surface area contributed by atoms with Crippen LogP contribution in [0.2, 0.25) is 0 Å². The lowest BCUT2D eigenvalue weighted by Crippen LogP contribution is -2.47. The highest BCUT2D eigenvalue weighted by molar-refractivity contribution is 5.82. The summed E-state index contributed by atoms with van der Waals surface area (Å²) < 4.78 is 0. The van der Waals surface area contributed by atoms with Crippen LogP contribution >= 0.6 is 0 Å². The van der Waals surface area contributed by atoms with Gasteiger partial charge in [0.15, 0.2) is 0 Å². The Morgan fingerprint density at radius 1 is 1.53 bits per heavy atom. The van der Waals surface area contributed by atoms with Crippen molar-refractivity contribution in [2.75, 3.05) is 6.54 Å². The average molecular weight is 205 g/mol. The van der Waals surface area contributed by atoms with Gasteiger partial charge in [-0.25, -0.2) is 4.79 Å². The lowest BCUT2D eigenvalue weighted by Gasteiger charge is -2.26. The SMILES string of the molecule is CCNC1(C(=O)O)CCc2ccccc21. The highest BCUT2D eigenvalue weighted by Gasteiger charge is 2.44. The monoisotopic (exact) mass is 205 g/mol. The van der Waals surface area contributed by atoms with E-state index in [4.69, 9.17) is 0 Å². The number of hydrogen-bond donors (Lipinski definition) is 2. The van der Waals surface area contributed by atoms with Crippen molar-refractivity contribution in [2.45, 2.75) is 25.3 Å². The number of hydrogen-bond acceptors (Lipinski definition) is 2. The predicted octanol–water partition coefficient (Wildman–Crippen LogP) is 1.52. The van der Waals surface area contributed by atoms with Gasteiger partial charge in [0.2, 0.25) is 0 Å². The van der Waals surface area contributed by atoms with Crippen molar-refractivity contribution in [2.24, 2.45) is 0 Å². The fourth-order valence-electron chi connectivity index (χ4n) is 2.39. The zero-order valence-corrected chi connectivity index (χ0v) is 8.79. The Kier molecular flexibility index (Phi) is 2.49. The average Bonchev–Trinajstić information content (AvgIpc) is 2.60. The third-order valence-corrected chi connectivity index (χ3v) is 3.09. The maximum Gasteiger partial charge on any atom is 0.328 e. The zero-order valence-electron chi connectivity index (χ0n) is 8.79. The van der Waals surface area contributed by atoms with Crippen LogP contribution in [-0.2, 0) is 16.8 Å². The molecule has 0 spiro atoms. The van der Waals surface area contributed by atoms with E-state index in [1.807, 2.05) is 31.2 Å². The Bertz CT molecular complexity index is 385. The molecule has 1 aromatic rings. The van der Waals surface area contributed by atoms with Crippen LogP contribution in [0.15, 0.2) is 24.3 Å². The Hall–Kier alpha value is -1.35. The van der Waals surface area contributed by atoms with Crippen molar-refractivity contribution in [3.8, 4) is 0 Å². The second kappa shape index (κ2) is 3.66. The lowest BCUT2D eigenvalue weighted by atomic mass is 9.92. The summed E-state index contributed by atoms with van der Waals surface area (Å²) in [5.74, 6) is -0.769. The van der Waals surface area contributed by atoms with E-state index in [1.165, 1.54) is 0 Å². The first-order valence-electron chi connectivity index (χ1n) is 5.27. The summed E-state index contributed by atoms with van der Waals surface area (Å²) in [6, 6.07) is 7.79. The van der Waals surface area contributed by atoms with Crippen molar-refractivity contribution < 1.29 is 9.90 Å². The number of aliphatic carboxylic acids is 1. The van der Waals surface area contributed by atoms with E-state index in [2.05, 4.69) is 5.32 Å². The van der Waals surface area contributed by atoms with Crippen LogP contribution < -0.4 is 5.32 Å². The predicted molar refractivity (Wildman–Crippen MR) is 57.8 cm³/mol. The Morgan fingerprint density at radius 2 is 2.27 bits per heavy atom. The third-order valence-electron chi connectivity index (χ3n) is 3.09. The first-order chi connectivity index (χ1) is 7.20. The molecule has 1 aromatic carbocycles. The molecule has 0 aliphatic heterocycles. The van der Waals surface area contributed by atoms with Gasteiger partial charge < -0.3 is 5.11 Å². The van der Waals surface area contributed by atoms with E-state index in [-0.39, 0.29) is 0 Å². The van der Waals surface area contributed by atoms with Crippen LogP contribution in [0.3, 0.4) is 0 Å². The third kappa shape index (κ3) is 1.43. The van der Waals surface area contributed by atoms with Gasteiger partial charge in [-0.2, -0.15) is 0 Å². The van der Waals surface area contributed by atoms with Crippen LogP contribution in [-0.4, -0.2) is 17.6 Å². The summed E-state index contributed by atoms with van der Waals surface area (Å²) in [5, 5.41) is 12.5. The lowest BCUT2D eigenvalue weighted by molar-refractivity contribution is -0.145. The van der Waals surface area contributed by atoms with E-state index < -0.39 is 11.5 Å². The largest absolute Gasteiger partial charge is 0.480 e. The molecule has 0 bridgehead atoms. The van der Waals surface area contributed by atoms with Gasteiger partial charge in [0.25, 0.3) is 0 Å². The molecule has 0 saturated heterocycles. The van der Waals surface area contributed by atoms with Gasteiger partial charge in [0, 0.05) is 0 Å². The van der Waals surface area contributed by atoms with Gasteiger partial charge in [-0.15, -0.1) is 0 Å². The molecule has 0 fully saturated rings. The van der Waals surface area contributed by atoms with Gasteiger partial charge in [0.1, 0.15) is 5.54 Å². The van der Waals surface area contributed by atoms with Crippen LogP contribution in [0.1, 0.15) is 24.5 Å². The molecule has 15 heavy (non-hydrogen) atoms. The molecule has 80 valence electrons. The maximum atomic E-state index is 11.4. The molecule has 0 heterocycles. The van der Waals surface area contributed by atoms with Gasteiger partial charge in [-0.05, 0) is 30.5 Å². The molecule has 0 aromatic heterocycles. The minimum Gasteiger partial charge on any atom is -0.480 e. The number of fused-ring (bicyclic) bond motifs is 1. The number of benzene rings is 1. The number of rotatable bonds is 3. The summed E-state index contributed by atoms with van der Waals surface area (Å²) in [5.41, 5.74) is 1.23. The highest BCUT2D eigenvalue weighted by Crippen LogP contribution is 2.36. The standard InChI is InChI=1S/C12H15NO2/c1-2-13-12(11(14)15)8-7-9-5-3-4-6-10(9)12/h3-6,13H,2,7-8H2,1H3,(H,14,15). The van der Waals surface area contributed by atoms with Gasteiger partial charge in [-0.1, -0.05) is 31.2 Å². The molecule has 0 radical (unpaired) electrons. The molecule has 0 saturated carbocycles. The van der Waals surface area contributed by atoms with E-state index in [0.717, 1.165) is 17.5 Å². The van der Waals surface area contributed by atoms with Crippen LogP contribution in [0.25, 0.3) is 0 Å². The highest BCUT2D eigenvalue weighted by atomic mass is 16.4. The van der Waals surface area contributed by atoms with Crippen molar-refractivity contribution in [3.63, 3.8) is 0 Å². The molecule has 2 N–H and O–H groups in total. The second-order valence-corrected chi connectivity index (χ2v) is 3.90. The number of carboxylic acids is 1. The number of aryl methyl sites for hydroxylation is 1. The van der Waals surface area contributed by atoms with Gasteiger partial charge in [0.05, 0.1) is 0 Å². The van der Waals surface area contributed by atoms with E-state index >= 15 is 0 Å². The van der Waals surface area contributed by atoms with Gasteiger partial charge >= 0.3 is 5.97 Å². The summed E-state index contributed by atoms with van der Waals surface area (Å²) in [7, 11) is 0. The van der Waals surface area contributed by atoms with E-state index in [0.29, 0.717) is 13.0 Å². The normalized spacial score (nSPS) is 23.8. The number of likely N-dealkylation sites (N-methyl/N-ethyl adjacent to an activating group) is 1. The zero-order chi connectivity index (χ0) is 10.9. The molecule has 3 nitrogen and oxygen atoms in total. The second-order valence-electron chi connectivity index (χ2n) is 3.90. The van der Waals surface area contributed by atoms with Crippen LogP contribution in [0.4, 0.5) is 0 Å². The summed E-state index contributed by atoms with van der Waals surface area (Å²) in [6.07, 6.45) is 1.49. The first-order valence-corrected chi connectivity index (χ1v) is 5.27. The van der Waals surface area contributed by atoms with Crippen molar-refractivity contribution in [1.82, 2.24) is 5.32 Å². The first kappa shape index (κ1) is 10.2. The molecule has 1 unspecified atom stereocenters. The molecule has 1 aliphatic carbocycles. The summed E-state index contributed by atoms with van der Waals surface area (Å²) in [6.45, 7) is 2.60. The van der Waals surface area contributed by atoms with E-state index in [9.17, 15) is 9.90 Å². The molecule has 3 heteroatoms. The fourth-order valence-corrected chi connectivity index (χ4v) is 2.39. The molecular weight excluding hydrogens is 190 g/mol. The molecule has 1 aliphatic rings. The minimum absolute atomic E-state index is 0.648. The molecular formula is C12H15NO2. The van der Waals surface area contributed by atoms with Crippen LogP contribution in [0, 0.1) is 0 Å². The number of carboxylic acid groups (broad SMARTS) is 1. The van der Waals surface area contributed by atoms with Crippen LogP contribution in [0.5, 0.6) is 0 Å². The Balaban J connectivity index is 2.49. The summed E-state index contributed by atoms with van der Waals surface area (Å²) in [4.78, 5) is 11.4. The van der Waals surface area contributed by atoms with Crippen molar-refractivity contribution >= 4 is 5.97 Å². The summed E-state index contributed by atoms with van der Waals surface area (Å²) >= 11 is 0. The fraction of sp³-hybridized carbons (Fsp3) is 0.417. The Morgan fingerprint density at radius 3 is 2.93 bits per heavy atom. The topological polar surface area (TPSA) is 49.3 Å². The Labute approximate surface area is 89.1 Å². The molecule has 2 rings (SSSR count).